The van der Waals surface area contributed by atoms with Crippen LogP contribution in [0.4, 0.5) is 18.9 Å². The van der Waals surface area contributed by atoms with Crippen molar-refractivity contribution in [2.45, 2.75) is 6.18 Å². The topological polar surface area (TPSA) is 44.6 Å². The standard InChI is InChI=1S/C14H9Cl2F3N2O/c15-11-5-9(14(17,18)19)6-12(16)13(11)21-20-7-8-1-3-10(22)4-2-8/h1-7,21-22H. The van der Waals surface area contributed by atoms with Crippen molar-refractivity contribution < 1.29 is 18.3 Å². The maximum atomic E-state index is 12.6. The Bertz CT molecular complexity index is 677. The van der Waals surface area contributed by atoms with Crippen molar-refractivity contribution in [2.24, 2.45) is 5.10 Å². The summed E-state index contributed by atoms with van der Waals surface area (Å²) in [6.07, 6.45) is -3.12. The molecular formula is C14H9Cl2F3N2O. The molecule has 2 aromatic carbocycles. The number of phenols is 1. The third-order valence-electron chi connectivity index (χ3n) is 2.65. The van der Waals surface area contributed by atoms with Gasteiger partial charge < -0.3 is 5.11 Å². The van der Waals surface area contributed by atoms with Crippen LogP contribution in [0.25, 0.3) is 0 Å². The predicted octanol–water partition coefficient (Wildman–Crippen LogP) is 5.16. The molecule has 8 heteroatoms. The quantitative estimate of drug-likeness (QED) is 0.594. The third kappa shape index (κ3) is 4.05. The molecule has 3 nitrogen and oxygen atoms in total. The van der Waals surface area contributed by atoms with E-state index in [4.69, 9.17) is 28.3 Å². The summed E-state index contributed by atoms with van der Waals surface area (Å²) < 4.78 is 37.8. The number of aromatic hydroxyl groups is 1. The van der Waals surface area contributed by atoms with E-state index in [2.05, 4.69) is 10.5 Å². The van der Waals surface area contributed by atoms with Crippen molar-refractivity contribution in [1.82, 2.24) is 0 Å². The fourth-order valence-corrected chi connectivity index (χ4v) is 2.15. The Balaban J connectivity index is 2.18. The highest BCUT2D eigenvalue weighted by molar-refractivity contribution is 6.39. The predicted molar refractivity (Wildman–Crippen MR) is 80.8 cm³/mol. The average molecular weight is 349 g/mol. The minimum absolute atomic E-state index is 0.0753. The van der Waals surface area contributed by atoms with Gasteiger partial charge in [-0.05, 0) is 42.0 Å². The molecule has 0 heterocycles. The molecule has 2 aromatic rings. The van der Waals surface area contributed by atoms with E-state index in [1.165, 1.54) is 18.3 Å². The first-order valence-corrected chi connectivity index (χ1v) is 6.67. The van der Waals surface area contributed by atoms with Crippen molar-refractivity contribution >= 4 is 35.1 Å². The maximum Gasteiger partial charge on any atom is 0.416 e. The molecule has 0 spiro atoms. The number of nitrogens with zero attached hydrogens (tertiary/aromatic N) is 1. The summed E-state index contributed by atoms with van der Waals surface area (Å²) in [6.45, 7) is 0. The molecule has 116 valence electrons. The summed E-state index contributed by atoms with van der Waals surface area (Å²) in [4.78, 5) is 0. The van der Waals surface area contributed by atoms with Crippen LogP contribution >= 0.6 is 23.2 Å². The van der Waals surface area contributed by atoms with E-state index in [-0.39, 0.29) is 21.5 Å². The smallest absolute Gasteiger partial charge is 0.416 e. The molecule has 0 unspecified atom stereocenters. The fourth-order valence-electron chi connectivity index (χ4n) is 1.58. The summed E-state index contributed by atoms with van der Waals surface area (Å²) in [5.41, 5.74) is 2.31. The Hall–Kier alpha value is -1.92. The van der Waals surface area contributed by atoms with Crippen LogP contribution in [-0.4, -0.2) is 11.3 Å². The van der Waals surface area contributed by atoms with Gasteiger partial charge in [-0.15, -0.1) is 0 Å². The summed E-state index contributed by atoms with van der Waals surface area (Å²) in [5, 5.41) is 12.6. The molecule has 0 aliphatic rings. The first-order chi connectivity index (χ1) is 10.3. The van der Waals surface area contributed by atoms with Gasteiger partial charge in [0.15, 0.2) is 0 Å². The summed E-state index contributed by atoms with van der Waals surface area (Å²) >= 11 is 11.6. The molecule has 0 aromatic heterocycles. The Labute approximate surface area is 134 Å². The molecule has 0 aliphatic carbocycles. The number of anilines is 1. The monoisotopic (exact) mass is 348 g/mol. The molecule has 2 N–H and O–H groups in total. The molecule has 0 amide bonds. The van der Waals surface area contributed by atoms with Crippen LogP contribution in [0.1, 0.15) is 11.1 Å². The highest BCUT2D eigenvalue weighted by Gasteiger charge is 2.31. The van der Waals surface area contributed by atoms with Gasteiger partial charge in [-0.3, -0.25) is 5.43 Å². The number of hydrogen-bond acceptors (Lipinski definition) is 3. The van der Waals surface area contributed by atoms with E-state index >= 15 is 0 Å². The van der Waals surface area contributed by atoms with Crippen molar-refractivity contribution in [3.8, 4) is 5.75 Å². The molecule has 0 saturated carbocycles. The van der Waals surface area contributed by atoms with E-state index in [9.17, 15) is 13.2 Å². The zero-order valence-corrected chi connectivity index (χ0v) is 12.3. The molecule has 0 saturated heterocycles. The minimum Gasteiger partial charge on any atom is -0.508 e. The van der Waals surface area contributed by atoms with Crippen molar-refractivity contribution in [3.05, 3.63) is 57.6 Å². The average Bonchev–Trinajstić information content (AvgIpc) is 2.42. The Kier molecular flexibility index (Phi) is 4.83. The number of rotatable bonds is 3. The number of hydrogen-bond donors (Lipinski definition) is 2. The molecule has 0 atom stereocenters. The summed E-state index contributed by atoms with van der Waals surface area (Å²) in [6, 6.07) is 7.70. The zero-order chi connectivity index (χ0) is 16.3. The van der Waals surface area contributed by atoms with Gasteiger partial charge in [0.05, 0.1) is 27.5 Å². The minimum atomic E-state index is -4.53. The van der Waals surface area contributed by atoms with Gasteiger partial charge in [0.2, 0.25) is 0 Å². The highest BCUT2D eigenvalue weighted by Crippen LogP contribution is 2.38. The molecule has 22 heavy (non-hydrogen) atoms. The van der Waals surface area contributed by atoms with Crippen molar-refractivity contribution in [2.75, 3.05) is 5.43 Å². The van der Waals surface area contributed by atoms with Crippen LogP contribution in [-0.2, 0) is 6.18 Å². The van der Waals surface area contributed by atoms with E-state index in [0.29, 0.717) is 5.56 Å². The van der Waals surface area contributed by atoms with Crippen LogP contribution in [0.5, 0.6) is 5.75 Å². The van der Waals surface area contributed by atoms with Gasteiger partial charge >= 0.3 is 6.18 Å². The number of benzene rings is 2. The normalized spacial score (nSPS) is 11.9. The van der Waals surface area contributed by atoms with Gasteiger partial charge in [0.25, 0.3) is 0 Å². The van der Waals surface area contributed by atoms with E-state index in [1.807, 2.05) is 0 Å². The van der Waals surface area contributed by atoms with Crippen LogP contribution in [0.3, 0.4) is 0 Å². The fraction of sp³-hybridized carbons (Fsp3) is 0.0714. The van der Waals surface area contributed by atoms with Crippen LogP contribution < -0.4 is 5.43 Å². The number of alkyl halides is 3. The first-order valence-electron chi connectivity index (χ1n) is 5.92. The summed E-state index contributed by atoms with van der Waals surface area (Å²) in [5.74, 6) is 0.110. The first kappa shape index (κ1) is 16.5. The lowest BCUT2D eigenvalue weighted by Gasteiger charge is -2.11. The molecule has 0 radical (unpaired) electrons. The molecule has 0 aliphatic heterocycles. The van der Waals surface area contributed by atoms with Crippen molar-refractivity contribution in [3.63, 3.8) is 0 Å². The molecule has 0 bridgehead atoms. The molecule has 2 rings (SSSR count). The van der Waals surface area contributed by atoms with Crippen molar-refractivity contribution in [1.29, 1.82) is 0 Å². The lowest BCUT2D eigenvalue weighted by atomic mass is 10.2. The Morgan fingerprint density at radius 3 is 2.09 bits per heavy atom. The highest BCUT2D eigenvalue weighted by atomic mass is 35.5. The van der Waals surface area contributed by atoms with Crippen LogP contribution in [0.2, 0.25) is 10.0 Å². The third-order valence-corrected chi connectivity index (χ3v) is 3.25. The van der Waals surface area contributed by atoms with Gasteiger partial charge in [0.1, 0.15) is 5.75 Å². The maximum absolute atomic E-state index is 12.6. The number of halogens is 5. The second kappa shape index (κ2) is 6.46. The Morgan fingerprint density at radius 1 is 1.05 bits per heavy atom. The van der Waals surface area contributed by atoms with Gasteiger partial charge in [-0.1, -0.05) is 23.2 Å². The number of hydrazone groups is 1. The van der Waals surface area contributed by atoms with Gasteiger partial charge in [-0.2, -0.15) is 18.3 Å². The van der Waals surface area contributed by atoms with Gasteiger partial charge in [-0.25, -0.2) is 0 Å². The molecular weight excluding hydrogens is 340 g/mol. The largest absolute Gasteiger partial charge is 0.508 e. The second-order valence-corrected chi connectivity index (χ2v) is 5.09. The van der Waals surface area contributed by atoms with E-state index < -0.39 is 11.7 Å². The number of nitrogens with one attached hydrogen (secondary N) is 1. The zero-order valence-electron chi connectivity index (χ0n) is 10.8. The number of phenolic OH excluding ortho intramolecular Hbond substituents is 1. The van der Waals surface area contributed by atoms with Gasteiger partial charge in [0, 0.05) is 0 Å². The van der Waals surface area contributed by atoms with Crippen LogP contribution in [0, 0.1) is 0 Å². The molecule has 0 fully saturated rings. The van der Waals surface area contributed by atoms with E-state index in [0.717, 1.165) is 12.1 Å². The Morgan fingerprint density at radius 2 is 1.59 bits per heavy atom. The summed E-state index contributed by atoms with van der Waals surface area (Å²) in [7, 11) is 0. The van der Waals surface area contributed by atoms with Crippen LogP contribution in [0.15, 0.2) is 41.5 Å². The second-order valence-electron chi connectivity index (χ2n) is 4.27. The van der Waals surface area contributed by atoms with E-state index in [1.54, 1.807) is 12.1 Å². The lowest BCUT2D eigenvalue weighted by Crippen LogP contribution is -2.05. The SMILES string of the molecule is Oc1ccc(C=NNc2c(Cl)cc(C(F)(F)F)cc2Cl)cc1. The lowest BCUT2D eigenvalue weighted by molar-refractivity contribution is -0.137.